The van der Waals surface area contributed by atoms with E-state index in [0.717, 1.165) is 39.3 Å². The fraction of sp³-hybridized carbons (Fsp3) is 0.0727. The summed E-state index contributed by atoms with van der Waals surface area (Å²) in [4.78, 5) is 5.19. The minimum Gasteiger partial charge on any atom is -0.659 e. The molecule has 0 amide bonds. The summed E-state index contributed by atoms with van der Waals surface area (Å²) < 4.78 is 2.36. The Hall–Kier alpha value is -7.23. The van der Waals surface area contributed by atoms with Gasteiger partial charge in [-0.1, -0.05) is 184 Å². The normalized spacial score (nSPS) is 15.4. The number of allylic oxidation sites excluding steroid dienone is 1. The Labute approximate surface area is 339 Å². The van der Waals surface area contributed by atoms with Crippen molar-refractivity contribution in [1.82, 2.24) is 4.57 Å². The molecule has 0 bridgehead atoms. The molecule has 1 aliphatic carbocycles. The highest BCUT2D eigenvalue weighted by atomic mass is 15.1. The van der Waals surface area contributed by atoms with E-state index in [2.05, 4.69) is 213 Å². The van der Waals surface area contributed by atoms with Crippen molar-refractivity contribution < 1.29 is 0 Å². The lowest BCUT2D eigenvalue weighted by Gasteiger charge is -2.37. The van der Waals surface area contributed by atoms with Gasteiger partial charge in [0.2, 0.25) is 0 Å². The molecule has 0 spiro atoms. The van der Waals surface area contributed by atoms with E-state index in [1.54, 1.807) is 0 Å². The van der Waals surface area contributed by atoms with Crippen LogP contribution in [0.1, 0.15) is 47.8 Å². The summed E-state index contributed by atoms with van der Waals surface area (Å²) in [6.45, 7) is 4.67. The van der Waals surface area contributed by atoms with Crippen LogP contribution >= 0.6 is 0 Å². The first-order valence-electron chi connectivity index (χ1n) is 20.1. The number of aromatic nitrogens is 1. The number of rotatable bonds is 6. The second kappa shape index (κ2) is 13.5. The molecule has 1 unspecified atom stereocenters. The summed E-state index contributed by atoms with van der Waals surface area (Å²) in [6, 6.07) is 70.0. The van der Waals surface area contributed by atoms with Crippen molar-refractivity contribution in [1.29, 1.82) is 0 Å². The molecular weight excluding hydrogens is 703 g/mol. The summed E-state index contributed by atoms with van der Waals surface area (Å²) >= 11 is 0. The van der Waals surface area contributed by atoms with Gasteiger partial charge in [-0.3, -0.25) is 4.99 Å². The van der Waals surface area contributed by atoms with Crippen LogP contribution < -0.4 is 0 Å². The molecule has 0 fully saturated rings. The van der Waals surface area contributed by atoms with Gasteiger partial charge in [0.1, 0.15) is 0 Å². The average Bonchev–Trinajstić information content (AvgIpc) is 3.75. The molecule has 11 rings (SSSR count). The Morgan fingerprint density at radius 2 is 0.983 bits per heavy atom. The van der Waals surface area contributed by atoms with E-state index in [9.17, 15) is 0 Å². The largest absolute Gasteiger partial charge is 0.659 e. The van der Waals surface area contributed by atoms with E-state index in [4.69, 9.17) is 10.3 Å². The molecule has 0 saturated carbocycles. The molecule has 2 heterocycles. The van der Waals surface area contributed by atoms with E-state index in [1.807, 2.05) is 6.07 Å². The predicted molar refractivity (Wildman–Crippen MR) is 243 cm³/mol. The third kappa shape index (κ3) is 5.62. The van der Waals surface area contributed by atoms with Gasteiger partial charge < -0.3 is 9.88 Å². The molecule has 1 aromatic heterocycles. The van der Waals surface area contributed by atoms with E-state index < -0.39 is 0 Å². The summed E-state index contributed by atoms with van der Waals surface area (Å²) in [5.41, 5.74) is 18.9. The van der Waals surface area contributed by atoms with Crippen LogP contribution in [0.25, 0.3) is 71.9 Å². The molecule has 276 valence electrons. The van der Waals surface area contributed by atoms with E-state index >= 15 is 0 Å². The second-order valence-electron chi connectivity index (χ2n) is 16.0. The van der Waals surface area contributed by atoms with E-state index in [1.165, 1.54) is 60.8 Å². The summed E-state index contributed by atoms with van der Waals surface area (Å²) in [7, 11) is 0. The Bertz CT molecular complexity index is 3020. The Kier molecular flexibility index (Phi) is 7.90. The SMILES string of the molecule is CC1(C)c2ccccc2-c2ccc(-c3ccc(C4=NC(c5ccccc5)[N-]C(c5ccc(-c6ccc(-n7c8ccccc8c8ccccc87)cc6)cc5)=C4)cc3)cc21. The van der Waals surface area contributed by atoms with Gasteiger partial charge in [0.15, 0.2) is 0 Å². The molecule has 0 saturated heterocycles. The maximum absolute atomic E-state index is 5.19. The quantitative estimate of drug-likeness (QED) is 0.162. The average molecular weight is 743 g/mol. The molecule has 1 aliphatic heterocycles. The first-order chi connectivity index (χ1) is 28.5. The van der Waals surface area contributed by atoms with Crippen LogP contribution in [0.4, 0.5) is 0 Å². The predicted octanol–water partition coefficient (Wildman–Crippen LogP) is 14.3. The van der Waals surface area contributed by atoms with Gasteiger partial charge >= 0.3 is 0 Å². The Morgan fingerprint density at radius 3 is 1.67 bits per heavy atom. The molecule has 8 aromatic carbocycles. The van der Waals surface area contributed by atoms with Crippen LogP contribution in [-0.4, -0.2) is 10.3 Å². The highest BCUT2D eigenvalue weighted by Crippen LogP contribution is 2.49. The van der Waals surface area contributed by atoms with Crippen molar-refractivity contribution in [3.05, 3.63) is 233 Å². The summed E-state index contributed by atoms with van der Waals surface area (Å²) in [6.07, 6.45) is 1.81. The van der Waals surface area contributed by atoms with Crippen LogP contribution in [0.15, 0.2) is 205 Å². The molecule has 2 aliphatic rings. The number of hydrogen-bond acceptors (Lipinski definition) is 1. The summed E-state index contributed by atoms with van der Waals surface area (Å²) in [5.74, 6) is 0. The van der Waals surface area contributed by atoms with Crippen LogP contribution in [0, 0.1) is 0 Å². The van der Waals surface area contributed by atoms with Crippen LogP contribution in [0.3, 0.4) is 0 Å². The van der Waals surface area contributed by atoms with Crippen LogP contribution in [0.2, 0.25) is 0 Å². The highest BCUT2D eigenvalue weighted by Gasteiger charge is 2.35. The van der Waals surface area contributed by atoms with E-state index in [-0.39, 0.29) is 11.6 Å². The van der Waals surface area contributed by atoms with Crippen LogP contribution in [0.5, 0.6) is 0 Å². The van der Waals surface area contributed by atoms with Crippen molar-refractivity contribution in [2.45, 2.75) is 25.4 Å². The molecule has 3 nitrogen and oxygen atoms in total. The lowest BCUT2D eigenvalue weighted by Crippen LogP contribution is -2.14. The third-order valence-corrected chi connectivity index (χ3v) is 12.2. The number of hydrogen-bond donors (Lipinski definition) is 0. The Balaban J connectivity index is 0.887. The number of benzene rings is 8. The number of fused-ring (bicyclic) bond motifs is 6. The first kappa shape index (κ1) is 34.1. The van der Waals surface area contributed by atoms with Crippen LogP contribution in [-0.2, 0) is 5.41 Å². The minimum absolute atomic E-state index is 0.0346. The molecule has 3 heteroatoms. The van der Waals surface area contributed by atoms with Gasteiger partial charge in [-0.05, 0) is 91.5 Å². The van der Waals surface area contributed by atoms with Crippen molar-refractivity contribution in [2.75, 3.05) is 0 Å². The fourth-order valence-corrected chi connectivity index (χ4v) is 9.14. The van der Waals surface area contributed by atoms with Crippen molar-refractivity contribution in [2.24, 2.45) is 4.99 Å². The number of nitrogens with zero attached hydrogens (tertiary/aromatic N) is 3. The lowest BCUT2D eigenvalue weighted by atomic mass is 9.81. The molecule has 58 heavy (non-hydrogen) atoms. The van der Waals surface area contributed by atoms with Gasteiger partial charge in [-0.15, -0.1) is 5.70 Å². The molecule has 0 radical (unpaired) electrons. The van der Waals surface area contributed by atoms with Gasteiger partial charge in [-0.25, -0.2) is 0 Å². The maximum atomic E-state index is 5.19. The zero-order valence-electron chi connectivity index (χ0n) is 32.5. The zero-order valence-corrected chi connectivity index (χ0v) is 32.5. The molecule has 9 aromatic rings. The number of aliphatic imine (C=N–C) groups is 1. The third-order valence-electron chi connectivity index (χ3n) is 12.2. The zero-order chi connectivity index (χ0) is 38.8. The minimum atomic E-state index is -0.329. The van der Waals surface area contributed by atoms with E-state index in [0.29, 0.717) is 0 Å². The summed E-state index contributed by atoms with van der Waals surface area (Å²) in [5, 5.41) is 7.73. The van der Waals surface area contributed by atoms with Gasteiger partial charge in [0.25, 0.3) is 0 Å². The van der Waals surface area contributed by atoms with Crippen molar-refractivity contribution in [3.8, 4) is 39.1 Å². The van der Waals surface area contributed by atoms with Gasteiger partial charge in [0, 0.05) is 28.0 Å². The van der Waals surface area contributed by atoms with Crippen molar-refractivity contribution >= 4 is 33.2 Å². The smallest absolute Gasteiger partial charge is 0.0623 e. The number of para-hydroxylation sites is 2. The van der Waals surface area contributed by atoms with Gasteiger partial charge in [-0.2, -0.15) is 0 Å². The maximum Gasteiger partial charge on any atom is 0.0623 e. The fourth-order valence-electron chi connectivity index (χ4n) is 9.14. The molecule has 0 N–H and O–H groups in total. The monoisotopic (exact) mass is 742 g/mol. The standard InChI is InChI=1S/C55H40N3/c1-55(2)48-17-9-6-14-44(48)45-33-30-42(34-49(45)55)38-22-26-40(27-23-38)51-35-50(56-54(57-51)41-12-4-3-5-13-41)39-24-20-36(21-25-39)37-28-31-43(32-29-37)58-52-18-10-7-15-46(52)47-16-8-11-19-53(47)58/h3-35,54H,1-2H3/q-1. The highest BCUT2D eigenvalue weighted by molar-refractivity contribution is 6.15. The topological polar surface area (TPSA) is 31.4 Å². The molecular formula is C55H40N3-. The lowest BCUT2D eigenvalue weighted by molar-refractivity contribution is 0.660. The second-order valence-corrected chi connectivity index (χ2v) is 16.0. The first-order valence-corrected chi connectivity index (χ1v) is 20.1. The Morgan fingerprint density at radius 1 is 0.466 bits per heavy atom. The van der Waals surface area contributed by atoms with Crippen molar-refractivity contribution in [3.63, 3.8) is 0 Å². The molecule has 1 atom stereocenters. The van der Waals surface area contributed by atoms with Gasteiger partial charge in [0.05, 0.1) is 16.7 Å².